The van der Waals surface area contributed by atoms with Crippen molar-refractivity contribution >= 4 is 0 Å². The van der Waals surface area contributed by atoms with Crippen LogP contribution in [0.2, 0.25) is 0 Å². The number of aromatic nitrogens is 2. The quantitative estimate of drug-likeness (QED) is 0.142. The summed E-state index contributed by atoms with van der Waals surface area (Å²) in [5.41, 5.74) is 18.0. The van der Waals surface area contributed by atoms with Gasteiger partial charge in [0.25, 0.3) is 0 Å². The van der Waals surface area contributed by atoms with Crippen molar-refractivity contribution in [2.75, 3.05) is 0 Å². The summed E-state index contributed by atoms with van der Waals surface area (Å²) in [6, 6.07) is 87.1. The van der Waals surface area contributed by atoms with Crippen molar-refractivity contribution in [1.82, 2.24) is 9.97 Å². The van der Waals surface area contributed by atoms with Crippen molar-refractivity contribution in [3.05, 3.63) is 255 Å². The normalized spacial score (nSPS) is 10.5. The van der Waals surface area contributed by atoms with Crippen LogP contribution >= 0.6 is 0 Å². The maximum Gasteiger partial charge on any atom is 0.0160 e. The smallest absolute Gasteiger partial charge is 0.0160 e. The first-order valence-electron chi connectivity index (χ1n) is 20.2. The number of hydrogen-bond donors (Lipinski definition) is 0. The maximum absolute atomic E-state index is 4.70. The van der Waals surface area contributed by atoms with Gasteiger partial charge in [-0.2, -0.15) is 0 Å². The molecule has 0 bridgehead atoms. The molecule has 2 nitrogen and oxygen atoms in total. The van der Waals surface area contributed by atoms with E-state index in [4.69, 9.17) is 4.98 Å². The van der Waals surface area contributed by atoms with Crippen LogP contribution in [0.5, 0.6) is 0 Å². The predicted octanol–water partition coefficient (Wildman–Crippen LogP) is 15.1. The summed E-state index contributed by atoms with van der Waals surface area (Å²) in [5.74, 6) is 0. The average molecular weight is 957 g/mol. The van der Waals surface area contributed by atoms with Gasteiger partial charge >= 0.3 is 0 Å². The van der Waals surface area contributed by atoms with E-state index in [1.165, 1.54) is 50.1 Å². The van der Waals surface area contributed by atoms with Crippen LogP contribution in [-0.4, -0.2) is 9.97 Å². The van der Waals surface area contributed by atoms with Gasteiger partial charge in [-0.05, 0) is 84.7 Å². The molecule has 0 atom stereocenters. The van der Waals surface area contributed by atoms with Crippen molar-refractivity contribution in [2.45, 2.75) is 0 Å². The van der Waals surface area contributed by atoms with Gasteiger partial charge in [-0.3, -0.25) is 0 Å². The third kappa shape index (κ3) is 9.00. The summed E-state index contributed by atoms with van der Waals surface area (Å²) in [6.07, 6.45) is 3.63. The Morgan fingerprint density at radius 1 is 0.262 bits per heavy atom. The van der Waals surface area contributed by atoms with Crippen LogP contribution < -0.4 is 0 Å². The van der Waals surface area contributed by atoms with Gasteiger partial charge in [-0.1, -0.05) is 181 Å². The molecular formula is C58H40IrN2-2. The Balaban J connectivity index is 0.000000340. The molecule has 0 fully saturated rings. The molecule has 0 amide bonds. The van der Waals surface area contributed by atoms with Gasteiger partial charge in [0, 0.05) is 32.5 Å². The van der Waals surface area contributed by atoms with Gasteiger partial charge < -0.3 is 9.97 Å². The minimum Gasteiger partial charge on any atom is -0.305 e. The molecule has 61 heavy (non-hydrogen) atoms. The molecule has 0 spiro atoms. The predicted molar refractivity (Wildman–Crippen MR) is 250 cm³/mol. The molecule has 0 aliphatic heterocycles. The first kappa shape index (κ1) is 40.5. The topological polar surface area (TPSA) is 25.8 Å². The largest absolute Gasteiger partial charge is 0.305 e. The number of pyridine rings is 2. The van der Waals surface area contributed by atoms with Gasteiger partial charge in [-0.25, -0.2) is 0 Å². The van der Waals surface area contributed by atoms with Crippen LogP contribution in [0, 0.1) is 12.1 Å². The van der Waals surface area contributed by atoms with Crippen molar-refractivity contribution < 1.29 is 20.1 Å². The Bertz CT molecular complexity index is 2770. The van der Waals surface area contributed by atoms with Crippen molar-refractivity contribution in [2.24, 2.45) is 0 Å². The summed E-state index contributed by atoms with van der Waals surface area (Å²) in [6.45, 7) is 0. The molecule has 0 saturated heterocycles. The minimum absolute atomic E-state index is 0. The fraction of sp³-hybridized carbons (Fsp3) is 0. The zero-order chi connectivity index (χ0) is 40.4. The number of benzene rings is 8. The summed E-state index contributed by atoms with van der Waals surface area (Å²) in [4.78, 5) is 8.92. The standard InChI is InChI=1S/C47H32N.C11H8N.Ir/c1-6-19-34(20-7-1)42-43(35-21-8-2-9-22-35)45(37-25-12-4-13-26-37)47(40-30-18-29-39(33-40)41-31-16-17-32-48-41)46(38-27-14-5-15-28-38)44(42)36-23-10-3-11-24-36;1-2-6-10(7-3-1)11-8-4-5-9-12-11;/h1-28,30-33H;1-6,8-9H;/q2*-1;. The van der Waals surface area contributed by atoms with Crippen LogP contribution in [0.1, 0.15) is 0 Å². The fourth-order valence-corrected chi connectivity index (χ4v) is 7.87. The van der Waals surface area contributed by atoms with E-state index in [9.17, 15) is 0 Å². The van der Waals surface area contributed by atoms with Crippen LogP contribution in [0.15, 0.2) is 243 Å². The Labute approximate surface area is 372 Å². The first-order chi connectivity index (χ1) is 29.8. The Kier molecular flexibility index (Phi) is 13.0. The number of rotatable bonds is 8. The Morgan fingerprint density at radius 3 is 0.934 bits per heavy atom. The SMILES string of the molecule is [Ir].[c-]1ccc(-c2c(-c3ccccc3)c(-c3ccccc3)c(-c3ccccc3)c(-c3ccccc3)c2-c2ccccc2)cc1-c1ccccn1.[c-]1ccccc1-c1ccccn1. The van der Waals surface area contributed by atoms with Crippen molar-refractivity contribution in [3.63, 3.8) is 0 Å². The van der Waals surface area contributed by atoms with E-state index in [1.54, 1.807) is 6.20 Å². The second-order valence-electron chi connectivity index (χ2n) is 14.3. The monoisotopic (exact) mass is 957 g/mol. The van der Waals surface area contributed by atoms with Gasteiger partial charge in [-0.15, -0.1) is 65.7 Å². The molecule has 0 aliphatic carbocycles. The third-order valence-corrected chi connectivity index (χ3v) is 10.5. The van der Waals surface area contributed by atoms with Crippen LogP contribution in [0.25, 0.3) is 89.3 Å². The summed E-state index contributed by atoms with van der Waals surface area (Å²) in [7, 11) is 0. The molecule has 0 saturated carbocycles. The van der Waals surface area contributed by atoms with Crippen LogP contribution in [-0.2, 0) is 20.1 Å². The molecule has 10 aromatic rings. The molecule has 293 valence electrons. The summed E-state index contributed by atoms with van der Waals surface area (Å²) in [5, 5.41) is 0. The van der Waals surface area contributed by atoms with Gasteiger partial charge in [0.1, 0.15) is 0 Å². The number of nitrogens with zero attached hydrogens (tertiary/aromatic N) is 2. The molecule has 2 heterocycles. The molecule has 1 radical (unpaired) electrons. The maximum atomic E-state index is 4.70. The third-order valence-electron chi connectivity index (χ3n) is 10.5. The average Bonchev–Trinajstić information content (AvgIpc) is 3.35. The first-order valence-corrected chi connectivity index (χ1v) is 20.2. The molecule has 0 unspecified atom stereocenters. The number of hydrogen-bond acceptors (Lipinski definition) is 2. The molecular weight excluding hydrogens is 917 g/mol. The second kappa shape index (κ2) is 19.6. The fourth-order valence-electron chi connectivity index (χ4n) is 7.87. The van der Waals surface area contributed by atoms with E-state index in [0.29, 0.717) is 0 Å². The van der Waals surface area contributed by atoms with Crippen molar-refractivity contribution in [1.29, 1.82) is 0 Å². The Hall–Kier alpha value is -7.29. The summed E-state index contributed by atoms with van der Waals surface area (Å²) >= 11 is 0. The molecule has 3 heteroatoms. The molecule has 0 aliphatic rings. The van der Waals surface area contributed by atoms with E-state index in [0.717, 1.165) is 39.2 Å². The molecule has 10 rings (SSSR count). The van der Waals surface area contributed by atoms with E-state index < -0.39 is 0 Å². The Morgan fingerprint density at radius 2 is 0.590 bits per heavy atom. The molecule has 0 N–H and O–H groups in total. The van der Waals surface area contributed by atoms with Crippen molar-refractivity contribution in [3.8, 4) is 89.3 Å². The molecule has 8 aromatic carbocycles. The zero-order valence-corrected chi connectivity index (χ0v) is 35.7. The van der Waals surface area contributed by atoms with Gasteiger partial charge in [0.2, 0.25) is 0 Å². The summed E-state index contributed by atoms with van der Waals surface area (Å²) < 4.78 is 0. The van der Waals surface area contributed by atoms with E-state index in [1.807, 2.05) is 66.9 Å². The van der Waals surface area contributed by atoms with Crippen LogP contribution in [0.4, 0.5) is 0 Å². The van der Waals surface area contributed by atoms with Gasteiger partial charge in [0.15, 0.2) is 0 Å². The zero-order valence-electron chi connectivity index (χ0n) is 33.3. The molecule has 2 aromatic heterocycles. The minimum atomic E-state index is 0. The van der Waals surface area contributed by atoms with Crippen LogP contribution in [0.3, 0.4) is 0 Å². The second-order valence-corrected chi connectivity index (χ2v) is 14.3. The van der Waals surface area contributed by atoms with Gasteiger partial charge in [0.05, 0.1) is 0 Å². The van der Waals surface area contributed by atoms with E-state index >= 15 is 0 Å². The van der Waals surface area contributed by atoms with E-state index in [-0.39, 0.29) is 20.1 Å². The van der Waals surface area contributed by atoms with E-state index in [2.05, 4.69) is 187 Å².